The van der Waals surface area contributed by atoms with E-state index in [0.29, 0.717) is 17.9 Å². The SMILES string of the molecule is CC1(C)CC(Nc2cc([C@H]3CCOC3)nc(N)n2)CC(C)(C)N1. The fraction of sp³-hybridized carbons (Fsp3) is 0.765. The summed E-state index contributed by atoms with van der Waals surface area (Å²) in [5, 5.41) is 7.29. The molecule has 4 N–H and O–H groups in total. The molecule has 0 unspecified atom stereocenters. The second kappa shape index (κ2) is 5.91. The summed E-state index contributed by atoms with van der Waals surface area (Å²) in [5.74, 6) is 1.50. The minimum atomic E-state index is 0.0973. The third kappa shape index (κ3) is 4.12. The lowest BCUT2D eigenvalue weighted by Crippen LogP contribution is -2.60. The van der Waals surface area contributed by atoms with Crippen LogP contribution in [0.2, 0.25) is 0 Å². The van der Waals surface area contributed by atoms with Crippen molar-refractivity contribution in [1.82, 2.24) is 15.3 Å². The Morgan fingerprint density at radius 1 is 1.22 bits per heavy atom. The molecule has 128 valence electrons. The number of nitrogens with two attached hydrogens (primary N) is 1. The molecule has 2 aliphatic rings. The number of anilines is 2. The number of nitrogens with zero attached hydrogens (tertiary/aromatic N) is 2. The van der Waals surface area contributed by atoms with Crippen LogP contribution in [-0.2, 0) is 4.74 Å². The number of nitrogen functional groups attached to an aromatic ring is 1. The van der Waals surface area contributed by atoms with Gasteiger partial charge in [-0.05, 0) is 47.0 Å². The molecule has 6 nitrogen and oxygen atoms in total. The Kier molecular flexibility index (Phi) is 4.23. The molecule has 0 radical (unpaired) electrons. The van der Waals surface area contributed by atoms with E-state index in [2.05, 4.69) is 48.3 Å². The average Bonchev–Trinajstić information content (AvgIpc) is 2.87. The second-order valence-electron chi connectivity index (χ2n) is 8.24. The van der Waals surface area contributed by atoms with E-state index in [4.69, 9.17) is 10.5 Å². The maximum absolute atomic E-state index is 5.92. The van der Waals surface area contributed by atoms with Gasteiger partial charge in [-0.3, -0.25) is 0 Å². The summed E-state index contributed by atoms with van der Waals surface area (Å²) in [4.78, 5) is 8.79. The molecule has 6 heteroatoms. The number of hydrogen-bond donors (Lipinski definition) is 3. The van der Waals surface area contributed by atoms with Crippen LogP contribution in [0.1, 0.15) is 58.6 Å². The molecule has 1 atom stereocenters. The summed E-state index contributed by atoms with van der Waals surface area (Å²) in [5.41, 5.74) is 7.11. The Labute approximate surface area is 138 Å². The first-order chi connectivity index (χ1) is 10.7. The molecule has 3 heterocycles. The van der Waals surface area contributed by atoms with Crippen molar-refractivity contribution >= 4 is 11.8 Å². The summed E-state index contributed by atoms with van der Waals surface area (Å²) in [6.07, 6.45) is 3.09. The normalized spacial score (nSPS) is 27.0. The van der Waals surface area contributed by atoms with Crippen molar-refractivity contribution in [2.45, 2.75) is 70.0 Å². The van der Waals surface area contributed by atoms with Crippen molar-refractivity contribution < 1.29 is 4.74 Å². The number of aromatic nitrogens is 2. The van der Waals surface area contributed by atoms with Crippen LogP contribution in [0.15, 0.2) is 6.07 Å². The first kappa shape index (κ1) is 16.5. The van der Waals surface area contributed by atoms with Crippen LogP contribution in [0, 0.1) is 0 Å². The maximum atomic E-state index is 5.92. The van der Waals surface area contributed by atoms with Gasteiger partial charge in [0.25, 0.3) is 0 Å². The lowest BCUT2D eigenvalue weighted by atomic mass is 9.79. The Bertz CT molecular complexity index is 550. The van der Waals surface area contributed by atoms with Crippen LogP contribution < -0.4 is 16.4 Å². The predicted octanol–water partition coefficient (Wildman–Crippen LogP) is 2.28. The zero-order chi connectivity index (χ0) is 16.7. The van der Waals surface area contributed by atoms with Gasteiger partial charge >= 0.3 is 0 Å². The van der Waals surface area contributed by atoms with Gasteiger partial charge < -0.3 is 21.1 Å². The highest BCUT2D eigenvalue weighted by Crippen LogP contribution is 2.31. The van der Waals surface area contributed by atoms with Gasteiger partial charge in [0.1, 0.15) is 5.82 Å². The van der Waals surface area contributed by atoms with Gasteiger partial charge in [-0.1, -0.05) is 0 Å². The molecule has 0 spiro atoms. The van der Waals surface area contributed by atoms with Gasteiger partial charge in [0, 0.05) is 35.7 Å². The Morgan fingerprint density at radius 2 is 1.91 bits per heavy atom. The second-order valence-corrected chi connectivity index (χ2v) is 8.24. The van der Waals surface area contributed by atoms with E-state index in [0.717, 1.165) is 44.0 Å². The minimum Gasteiger partial charge on any atom is -0.381 e. The highest BCUT2D eigenvalue weighted by molar-refractivity contribution is 5.43. The van der Waals surface area contributed by atoms with E-state index in [1.165, 1.54) is 0 Å². The van der Waals surface area contributed by atoms with Gasteiger partial charge in [-0.25, -0.2) is 4.98 Å². The van der Waals surface area contributed by atoms with Crippen LogP contribution in [0.25, 0.3) is 0 Å². The van der Waals surface area contributed by atoms with Crippen LogP contribution >= 0.6 is 0 Å². The zero-order valence-electron chi connectivity index (χ0n) is 14.6. The van der Waals surface area contributed by atoms with Crippen LogP contribution in [0.5, 0.6) is 0 Å². The van der Waals surface area contributed by atoms with Crippen molar-refractivity contribution in [2.24, 2.45) is 0 Å². The number of hydrogen-bond acceptors (Lipinski definition) is 6. The number of rotatable bonds is 3. The van der Waals surface area contributed by atoms with E-state index in [1.54, 1.807) is 0 Å². The van der Waals surface area contributed by atoms with Crippen molar-refractivity contribution in [2.75, 3.05) is 24.3 Å². The lowest BCUT2D eigenvalue weighted by Gasteiger charge is -2.46. The highest BCUT2D eigenvalue weighted by Gasteiger charge is 2.37. The van der Waals surface area contributed by atoms with E-state index in [1.807, 2.05) is 6.07 Å². The molecule has 1 aromatic rings. The molecular weight excluding hydrogens is 290 g/mol. The van der Waals surface area contributed by atoms with E-state index >= 15 is 0 Å². The molecule has 1 aromatic heterocycles. The summed E-state index contributed by atoms with van der Waals surface area (Å²) in [6, 6.07) is 2.40. The van der Waals surface area contributed by atoms with Gasteiger partial charge in [-0.15, -0.1) is 0 Å². The molecule has 0 amide bonds. The predicted molar refractivity (Wildman–Crippen MR) is 92.6 cm³/mol. The van der Waals surface area contributed by atoms with Crippen LogP contribution in [0.4, 0.5) is 11.8 Å². The number of piperidine rings is 1. The van der Waals surface area contributed by atoms with Gasteiger partial charge in [-0.2, -0.15) is 4.98 Å². The fourth-order valence-corrected chi connectivity index (χ4v) is 4.17. The molecule has 2 saturated heterocycles. The van der Waals surface area contributed by atoms with Crippen LogP contribution in [0.3, 0.4) is 0 Å². The van der Waals surface area contributed by atoms with Crippen molar-refractivity contribution in [3.63, 3.8) is 0 Å². The first-order valence-electron chi connectivity index (χ1n) is 8.51. The maximum Gasteiger partial charge on any atom is 0.222 e. The monoisotopic (exact) mass is 319 g/mol. The van der Waals surface area contributed by atoms with Gasteiger partial charge in [0.05, 0.1) is 12.3 Å². The number of nitrogens with one attached hydrogen (secondary N) is 2. The van der Waals surface area contributed by atoms with E-state index in [-0.39, 0.29) is 11.1 Å². The molecule has 0 bridgehead atoms. The zero-order valence-corrected chi connectivity index (χ0v) is 14.6. The Balaban J connectivity index is 1.76. The molecule has 2 aliphatic heterocycles. The summed E-state index contributed by atoms with van der Waals surface area (Å²) >= 11 is 0. The summed E-state index contributed by atoms with van der Waals surface area (Å²) < 4.78 is 5.47. The smallest absolute Gasteiger partial charge is 0.222 e. The van der Waals surface area contributed by atoms with E-state index in [9.17, 15) is 0 Å². The quantitative estimate of drug-likeness (QED) is 0.792. The third-order valence-corrected chi connectivity index (χ3v) is 4.65. The average molecular weight is 319 g/mol. The number of ether oxygens (including phenoxy) is 1. The standard InChI is InChI=1S/C17H29N5O/c1-16(2)8-12(9-17(3,4)22-16)19-14-7-13(20-15(18)21-14)11-5-6-23-10-11/h7,11-12,22H,5-6,8-10H2,1-4H3,(H3,18,19,20,21)/t11-/m0/s1. The van der Waals surface area contributed by atoms with Crippen molar-refractivity contribution in [3.05, 3.63) is 11.8 Å². The third-order valence-electron chi connectivity index (χ3n) is 4.65. The summed E-state index contributed by atoms with van der Waals surface area (Å²) in [7, 11) is 0. The van der Waals surface area contributed by atoms with E-state index < -0.39 is 0 Å². The molecule has 0 aliphatic carbocycles. The van der Waals surface area contributed by atoms with Gasteiger partial charge in [0.2, 0.25) is 5.95 Å². The van der Waals surface area contributed by atoms with Crippen LogP contribution in [-0.4, -0.2) is 40.3 Å². The highest BCUT2D eigenvalue weighted by atomic mass is 16.5. The minimum absolute atomic E-state index is 0.0973. The molecule has 2 fully saturated rings. The Morgan fingerprint density at radius 3 is 2.52 bits per heavy atom. The van der Waals surface area contributed by atoms with Gasteiger partial charge in [0.15, 0.2) is 0 Å². The molecule has 3 rings (SSSR count). The van der Waals surface area contributed by atoms with Crippen molar-refractivity contribution in [3.8, 4) is 0 Å². The first-order valence-corrected chi connectivity index (χ1v) is 8.51. The summed E-state index contributed by atoms with van der Waals surface area (Å²) in [6.45, 7) is 10.5. The fourth-order valence-electron chi connectivity index (χ4n) is 4.17. The molecular formula is C17H29N5O. The molecule has 0 aromatic carbocycles. The topological polar surface area (TPSA) is 85.1 Å². The Hall–Kier alpha value is -1.40. The van der Waals surface area contributed by atoms with Crippen molar-refractivity contribution in [1.29, 1.82) is 0 Å². The molecule has 23 heavy (non-hydrogen) atoms. The lowest BCUT2D eigenvalue weighted by molar-refractivity contribution is 0.170. The largest absolute Gasteiger partial charge is 0.381 e. The molecule has 0 saturated carbocycles.